The van der Waals surface area contributed by atoms with Gasteiger partial charge in [-0.25, -0.2) is 0 Å². The highest BCUT2D eigenvalue weighted by Crippen LogP contribution is 2.38. The number of aromatic hydroxyl groups is 2. The van der Waals surface area contributed by atoms with Crippen molar-refractivity contribution in [3.05, 3.63) is 76.9 Å². The normalized spacial score (nSPS) is 12.3. The summed E-state index contributed by atoms with van der Waals surface area (Å²) in [5.74, 6) is -0.943. The van der Waals surface area contributed by atoms with Crippen LogP contribution < -0.4 is 10.1 Å². The Labute approximate surface area is 154 Å². The number of benzene rings is 3. The average Bonchev–Trinajstić information content (AvgIpc) is 2.68. The zero-order valence-corrected chi connectivity index (χ0v) is 14.3. The van der Waals surface area contributed by atoms with Gasteiger partial charge >= 0.3 is 0 Å². The molecule has 3 N–H and O–H groups in total. The van der Waals surface area contributed by atoms with Crippen molar-refractivity contribution in [2.45, 2.75) is 0 Å². The van der Waals surface area contributed by atoms with E-state index in [4.69, 9.17) is 4.74 Å². The van der Waals surface area contributed by atoms with Crippen LogP contribution in [0.1, 0.15) is 31.8 Å². The quantitative estimate of drug-likeness (QED) is 0.482. The topological polar surface area (TPSA) is 95.9 Å². The highest BCUT2D eigenvalue weighted by Gasteiger charge is 2.34. The number of nitrogens with one attached hydrogen (secondary N) is 1. The number of carbonyl (C=O) groups is 2. The molecule has 6 nitrogen and oxygen atoms in total. The number of methoxy groups -OCH3 is 1. The monoisotopic (exact) mass is 361 g/mol. The minimum absolute atomic E-state index is 0.164. The second-order valence-electron chi connectivity index (χ2n) is 6.13. The van der Waals surface area contributed by atoms with Gasteiger partial charge in [-0.05, 0) is 54.6 Å². The first-order chi connectivity index (χ1) is 13.0. The summed E-state index contributed by atoms with van der Waals surface area (Å²) in [5.41, 5.74) is 1.42. The number of anilines is 2. The molecule has 27 heavy (non-hydrogen) atoms. The first kappa shape index (κ1) is 16.7. The van der Waals surface area contributed by atoms with Crippen LogP contribution in [0.3, 0.4) is 0 Å². The van der Waals surface area contributed by atoms with Gasteiger partial charge in [0.25, 0.3) is 0 Å². The number of hydrogen-bond donors (Lipinski definition) is 3. The lowest BCUT2D eigenvalue weighted by atomic mass is 9.83. The fourth-order valence-electron chi connectivity index (χ4n) is 3.16. The molecular weight excluding hydrogens is 346 g/mol. The molecule has 0 atom stereocenters. The summed E-state index contributed by atoms with van der Waals surface area (Å²) < 4.78 is 5.12. The summed E-state index contributed by atoms with van der Waals surface area (Å²) >= 11 is 0. The maximum absolute atomic E-state index is 12.8. The molecule has 0 radical (unpaired) electrons. The number of carbonyl (C=O) groups excluding carboxylic acids is 2. The molecule has 0 bridgehead atoms. The van der Waals surface area contributed by atoms with Gasteiger partial charge in [0.05, 0.1) is 18.2 Å². The molecule has 4 rings (SSSR count). The van der Waals surface area contributed by atoms with Crippen LogP contribution >= 0.6 is 0 Å². The molecule has 134 valence electrons. The van der Waals surface area contributed by atoms with Crippen LogP contribution in [0, 0.1) is 0 Å². The predicted molar refractivity (Wildman–Crippen MR) is 99.4 cm³/mol. The predicted octanol–water partition coefficient (Wildman–Crippen LogP) is 3.63. The van der Waals surface area contributed by atoms with Gasteiger partial charge in [-0.1, -0.05) is 0 Å². The van der Waals surface area contributed by atoms with Crippen molar-refractivity contribution in [2.24, 2.45) is 0 Å². The van der Waals surface area contributed by atoms with Gasteiger partial charge in [0.15, 0.2) is 11.6 Å². The Hall–Kier alpha value is -3.80. The van der Waals surface area contributed by atoms with E-state index >= 15 is 0 Å². The number of phenols is 2. The van der Waals surface area contributed by atoms with Gasteiger partial charge in [0, 0.05) is 22.5 Å². The van der Waals surface area contributed by atoms with Crippen molar-refractivity contribution in [1.29, 1.82) is 0 Å². The summed E-state index contributed by atoms with van der Waals surface area (Å²) in [7, 11) is 1.58. The van der Waals surface area contributed by atoms with Gasteiger partial charge in [-0.2, -0.15) is 0 Å². The largest absolute Gasteiger partial charge is 0.507 e. The smallest absolute Gasteiger partial charge is 0.198 e. The Morgan fingerprint density at radius 1 is 0.741 bits per heavy atom. The third kappa shape index (κ3) is 2.67. The van der Waals surface area contributed by atoms with Crippen molar-refractivity contribution >= 4 is 22.9 Å². The summed E-state index contributed by atoms with van der Waals surface area (Å²) in [6.45, 7) is 0. The lowest BCUT2D eigenvalue weighted by Gasteiger charge is -2.20. The van der Waals surface area contributed by atoms with Crippen molar-refractivity contribution in [2.75, 3.05) is 12.4 Å². The molecule has 0 aromatic heterocycles. The lowest BCUT2D eigenvalue weighted by molar-refractivity contribution is 0.0974. The molecule has 1 aliphatic carbocycles. The fraction of sp³-hybridized carbons (Fsp3) is 0.0476. The second-order valence-corrected chi connectivity index (χ2v) is 6.13. The van der Waals surface area contributed by atoms with E-state index in [2.05, 4.69) is 5.32 Å². The third-order valence-corrected chi connectivity index (χ3v) is 4.50. The molecule has 3 aromatic rings. The van der Waals surface area contributed by atoms with E-state index < -0.39 is 11.6 Å². The van der Waals surface area contributed by atoms with Crippen LogP contribution in [0.2, 0.25) is 0 Å². The standard InChI is InChI=1S/C21H15NO5/c1-27-13-5-2-11(3-6-13)22-12-4-7-14-15(10-12)21(26)19-17(24)9-8-16(23)18(19)20(14)25/h2-10,22-24H,1H3. The van der Waals surface area contributed by atoms with Crippen LogP contribution in [0.15, 0.2) is 54.6 Å². The van der Waals surface area contributed by atoms with E-state index in [0.29, 0.717) is 5.69 Å². The first-order valence-electron chi connectivity index (χ1n) is 8.19. The molecule has 0 spiro atoms. The maximum atomic E-state index is 12.8. The molecule has 0 amide bonds. The summed E-state index contributed by atoms with van der Waals surface area (Å²) in [6.07, 6.45) is 0. The molecule has 0 saturated carbocycles. The Balaban J connectivity index is 1.74. The van der Waals surface area contributed by atoms with E-state index in [1.54, 1.807) is 31.4 Å². The molecule has 0 fully saturated rings. The molecular formula is C21H15NO5. The number of rotatable bonds is 3. The van der Waals surface area contributed by atoms with Gasteiger partial charge < -0.3 is 20.3 Å². The molecule has 0 saturated heterocycles. The third-order valence-electron chi connectivity index (χ3n) is 4.50. The lowest BCUT2D eigenvalue weighted by Crippen LogP contribution is -2.21. The fourth-order valence-corrected chi connectivity index (χ4v) is 3.16. The Bertz CT molecular complexity index is 1090. The van der Waals surface area contributed by atoms with E-state index in [0.717, 1.165) is 11.4 Å². The number of phenolic OH excluding ortho intramolecular Hbond substituents is 2. The number of hydrogen-bond acceptors (Lipinski definition) is 6. The SMILES string of the molecule is COc1ccc(Nc2ccc3c(c2)C(=O)c2c(O)ccc(O)c2C3=O)cc1. The first-order valence-corrected chi connectivity index (χ1v) is 8.19. The zero-order chi connectivity index (χ0) is 19.1. The van der Waals surface area contributed by atoms with E-state index in [-0.39, 0.29) is 33.8 Å². The van der Waals surface area contributed by atoms with E-state index in [9.17, 15) is 19.8 Å². The Morgan fingerprint density at radius 3 is 1.89 bits per heavy atom. The van der Waals surface area contributed by atoms with Crippen molar-refractivity contribution in [1.82, 2.24) is 0 Å². The zero-order valence-electron chi connectivity index (χ0n) is 14.3. The average molecular weight is 361 g/mol. The van der Waals surface area contributed by atoms with Crippen LogP contribution in [-0.2, 0) is 0 Å². The van der Waals surface area contributed by atoms with Gasteiger partial charge in [0.1, 0.15) is 17.2 Å². The van der Waals surface area contributed by atoms with Crippen LogP contribution in [0.5, 0.6) is 17.2 Å². The summed E-state index contributed by atoms with van der Waals surface area (Å²) in [4.78, 5) is 25.6. The minimum atomic E-state index is -0.508. The second kappa shape index (κ2) is 6.17. The van der Waals surface area contributed by atoms with Gasteiger partial charge in [-0.3, -0.25) is 9.59 Å². The van der Waals surface area contributed by atoms with Crippen molar-refractivity contribution in [3.8, 4) is 17.2 Å². The van der Waals surface area contributed by atoms with E-state index in [1.165, 1.54) is 18.2 Å². The van der Waals surface area contributed by atoms with Crippen molar-refractivity contribution < 1.29 is 24.5 Å². The molecule has 1 aliphatic rings. The Morgan fingerprint density at radius 2 is 1.30 bits per heavy atom. The van der Waals surface area contributed by atoms with Crippen LogP contribution in [-0.4, -0.2) is 28.9 Å². The van der Waals surface area contributed by atoms with Crippen LogP contribution in [0.25, 0.3) is 0 Å². The van der Waals surface area contributed by atoms with Gasteiger partial charge in [-0.15, -0.1) is 0 Å². The number of fused-ring (bicyclic) bond motifs is 2. The molecule has 3 aromatic carbocycles. The van der Waals surface area contributed by atoms with Crippen LogP contribution in [0.4, 0.5) is 11.4 Å². The molecule has 0 aliphatic heterocycles. The minimum Gasteiger partial charge on any atom is -0.507 e. The van der Waals surface area contributed by atoms with Crippen molar-refractivity contribution in [3.63, 3.8) is 0 Å². The summed E-state index contributed by atoms with van der Waals surface area (Å²) in [5, 5.41) is 23.2. The summed E-state index contributed by atoms with van der Waals surface area (Å²) in [6, 6.07) is 14.4. The Kier molecular flexibility index (Phi) is 3.81. The number of ether oxygens (including phenoxy) is 1. The van der Waals surface area contributed by atoms with Gasteiger partial charge in [0.2, 0.25) is 0 Å². The maximum Gasteiger partial charge on any atom is 0.198 e. The number of ketones is 2. The molecule has 0 heterocycles. The molecule has 0 unspecified atom stereocenters. The molecule has 6 heteroatoms. The highest BCUT2D eigenvalue weighted by atomic mass is 16.5. The van der Waals surface area contributed by atoms with E-state index in [1.807, 2.05) is 12.1 Å². The highest BCUT2D eigenvalue weighted by molar-refractivity contribution is 6.30.